The molecule has 2 aromatic carbocycles. The van der Waals surface area contributed by atoms with Gasteiger partial charge in [0.25, 0.3) is 0 Å². The van der Waals surface area contributed by atoms with Crippen molar-refractivity contribution in [3.63, 3.8) is 0 Å². The molecule has 0 saturated heterocycles. The number of halogens is 1. The number of benzene rings is 2. The van der Waals surface area contributed by atoms with Crippen LogP contribution in [0.15, 0.2) is 54.6 Å². The zero-order valence-electron chi connectivity index (χ0n) is 12.7. The topological polar surface area (TPSA) is 66.5 Å². The number of amides is 1. The standard InChI is InChI=1S/C16H17IN2O3S/c1-19(23(2,21)22)15(12-6-4-3-5-7-12)16(20)18-14-10-8-13(17)9-11-14/h3-11,15H,1-2H3,(H,18,20). The van der Waals surface area contributed by atoms with Gasteiger partial charge in [0.05, 0.1) is 6.26 Å². The molecular weight excluding hydrogens is 427 g/mol. The molecule has 0 fully saturated rings. The molecule has 0 bridgehead atoms. The second-order valence-electron chi connectivity index (χ2n) is 5.09. The summed E-state index contributed by atoms with van der Waals surface area (Å²) in [6.45, 7) is 0. The minimum absolute atomic E-state index is 0.398. The van der Waals surface area contributed by atoms with Gasteiger partial charge < -0.3 is 5.32 Å². The maximum Gasteiger partial charge on any atom is 0.247 e. The molecule has 0 aliphatic heterocycles. The minimum atomic E-state index is -3.52. The van der Waals surface area contributed by atoms with Crippen LogP contribution in [-0.2, 0) is 14.8 Å². The fourth-order valence-corrected chi connectivity index (χ4v) is 3.06. The van der Waals surface area contributed by atoms with E-state index in [4.69, 9.17) is 0 Å². The summed E-state index contributed by atoms with van der Waals surface area (Å²) in [6, 6.07) is 15.2. The van der Waals surface area contributed by atoms with Crippen LogP contribution >= 0.6 is 22.6 Å². The van der Waals surface area contributed by atoms with Crippen molar-refractivity contribution >= 4 is 44.2 Å². The Balaban J connectivity index is 2.33. The lowest BCUT2D eigenvalue weighted by Gasteiger charge is -2.25. The molecule has 0 radical (unpaired) electrons. The lowest BCUT2D eigenvalue weighted by atomic mass is 10.1. The summed E-state index contributed by atoms with van der Waals surface area (Å²) in [4.78, 5) is 12.7. The van der Waals surface area contributed by atoms with Gasteiger partial charge in [-0.3, -0.25) is 4.79 Å². The molecule has 1 amide bonds. The van der Waals surface area contributed by atoms with Gasteiger partial charge in [-0.25, -0.2) is 8.42 Å². The van der Waals surface area contributed by atoms with Crippen LogP contribution in [0.3, 0.4) is 0 Å². The molecule has 0 saturated carbocycles. The molecule has 2 aromatic rings. The number of hydrogen-bond donors (Lipinski definition) is 1. The summed E-state index contributed by atoms with van der Waals surface area (Å²) >= 11 is 2.17. The summed E-state index contributed by atoms with van der Waals surface area (Å²) in [7, 11) is -2.12. The molecule has 122 valence electrons. The number of nitrogens with zero attached hydrogens (tertiary/aromatic N) is 1. The summed E-state index contributed by atoms with van der Waals surface area (Å²) < 4.78 is 25.9. The molecule has 5 nitrogen and oxygen atoms in total. The van der Waals surface area contributed by atoms with Crippen LogP contribution in [0.1, 0.15) is 11.6 Å². The van der Waals surface area contributed by atoms with E-state index in [0.717, 1.165) is 14.1 Å². The largest absolute Gasteiger partial charge is 0.324 e. The Bertz CT molecular complexity index is 777. The second-order valence-corrected chi connectivity index (χ2v) is 8.38. The highest BCUT2D eigenvalue weighted by molar-refractivity contribution is 14.1. The number of anilines is 1. The van der Waals surface area contributed by atoms with Crippen LogP contribution in [0.25, 0.3) is 0 Å². The third-order valence-electron chi connectivity index (χ3n) is 3.36. The molecule has 7 heteroatoms. The number of sulfonamides is 1. The Morgan fingerprint density at radius 2 is 1.65 bits per heavy atom. The van der Waals surface area contributed by atoms with Gasteiger partial charge >= 0.3 is 0 Å². The molecule has 2 rings (SSSR count). The predicted molar refractivity (Wildman–Crippen MR) is 99.6 cm³/mol. The minimum Gasteiger partial charge on any atom is -0.324 e. The first kappa shape index (κ1) is 17.9. The fourth-order valence-electron chi connectivity index (χ4n) is 2.10. The van der Waals surface area contributed by atoms with E-state index in [1.165, 1.54) is 7.05 Å². The molecule has 1 N–H and O–H groups in total. The zero-order chi connectivity index (χ0) is 17.0. The predicted octanol–water partition coefficient (Wildman–Crippen LogP) is 2.86. The van der Waals surface area contributed by atoms with Crippen molar-refractivity contribution in [1.82, 2.24) is 4.31 Å². The van der Waals surface area contributed by atoms with Crippen LogP contribution in [0, 0.1) is 3.57 Å². The van der Waals surface area contributed by atoms with Gasteiger partial charge in [-0.05, 0) is 52.4 Å². The smallest absolute Gasteiger partial charge is 0.247 e. The molecule has 1 unspecified atom stereocenters. The second kappa shape index (κ2) is 7.41. The zero-order valence-corrected chi connectivity index (χ0v) is 15.7. The molecule has 0 aromatic heterocycles. The molecule has 1 atom stereocenters. The number of hydrogen-bond acceptors (Lipinski definition) is 3. The highest BCUT2D eigenvalue weighted by atomic mass is 127. The van der Waals surface area contributed by atoms with Gasteiger partial charge in [0, 0.05) is 16.3 Å². The normalized spacial score (nSPS) is 12.9. The Labute approximate surface area is 149 Å². The fraction of sp³-hybridized carbons (Fsp3) is 0.188. The molecule has 0 aliphatic rings. The van der Waals surface area contributed by atoms with E-state index in [2.05, 4.69) is 27.9 Å². The van der Waals surface area contributed by atoms with Crippen LogP contribution in [0.4, 0.5) is 5.69 Å². The SMILES string of the molecule is CN(C(C(=O)Nc1ccc(I)cc1)c1ccccc1)S(C)(=O)=O. The third kappa shape index (κ3) is 4.76. The van der Waals surface area contributed by atoms with E-state index in [0.29, 0.717) is 11.3 Å². The summed E-state index contributed by atoms with van der Waals surface area (Å²) in [5, 5.41) is 2.77. The number of rotatable bonds is 5. The lowest BCUT2D eigenvalue weighted by Crippen LogP contribution is -2.38. The highest BCUT2D eigenvalue weighted by Gasteiger charge is 2.30. The number of nitrogens with one attached hydrogen (secondary N) is 1. The van der Waals surface area contributed by atoms with E-state index in [1.807, 2.05) is 18.2 Å². The van der Waals surface area contributed by atoms with Gasteiger partial charge in [0.2, 0.25) is 15.9 Å². The molecule has 23 heavy (non-hydrogen) atoms. The summed E-state index contributed by atoms with van der Waals surface area (Å²) in [5.41, 5.74) is 1.24. The Kier molecular flexibility index (Phi) is 5.77. The van der Waals surface area contributed by atoms with Gasteiger partial charge in [0.1, 0.15) is 6.04 Å². The van der Waals surface area contributed by atoms with Gasteiger partial charge in [0.15, 0.2) is 0 Å². The van der Waals surface area contributed by atoms with Crippen LogP contribution in [0.5, 0.6) is 0 Å². The van der Waals surface area contributed by atoms with E-state index < -0.39 is 22.0 Å². The van der Waals surface area contributed by atoms with Crippen molar-refractivity contribution in [2.45, 2.75) is 6.04 Å². The van der Waals surface area contributed by atoms with Crippen LogP contribution in [0.2, 0.25) is 0 Å². The first-order valence-corrected chi connectivity index (χ1v) is 9.76. The maximum atomic E-state index is 12.7. The first-order valence-electron chi connectivity index (χ1n) is 6.83. The number of carbonyl (C=O) groups is 1. The van der Waals surface area contributed by atoms with Crippen molar-refractivity contribution in [2.75, 3.05) is 18.6 Å². The van der Waals surface area contributed by atoms with E-state index in [-0.39, 0.29) is 0 Å². The van der Waals surface area contributed by atoms with Crippen molar-refractivity contribution < 1.29 is 13.2 Å². The number of carbonyl (C=O) groups excluding carboxylic acids is 1. The average molecular weight is 444 g/mol. The van der Waals surface area contributed by atoms with Crippen molar-refractivity contribution in [3.8, 4) is 0 Å². The summed E-state index contributed by atoms with van der Waals surface area (Å²) in [5.74, 6) is -0.398. The summed E-state index contributed by atoms with van der Waals surface area (Å²) in [6.07, 6.45) is 1.08. The third-order valence-corrected chi connectivity index (χ3v) is 5.34. The van der Waals surface area contributed by atoms with Gasteiger partial charge in [-0.2, -0.15) is 4.31 Å². The molecular formula is C16H17IN2O3S. The van der Waals surface area contributed by atoms with Gasteiger partial charge in [-0.15, -0.1) is 0 Å². The van der Waals surface area contributed by atoms with Crippen LogP contribution in [-0.4, -0.2) is 31.9 Å². The average Bonchev–Trinajstić information content (AvgIpc) is 2.50. The van der Waals surface area contributed by atoms with Crippen molar-refractivity contribution in [1.29, 1.82) is 0 Å². The van der Waals surface area contributed by atoms with Crippen LogP contribution < -0.4 is 5.32 Å². The van der Waals surface area contributed by atoms with E-state index in [9.17, 15) is 13.2 Å². The quantitative estimate of drug-likeness (QED) is 0.722. The molecule has 0 heterocycles. The van der Waals surface area contributed by atoms with Crippen molar-refractivity contribution in [2.24, 2.45) is 0 Å². The Hall–Kier alpha value is -1.45. The number of likely N-dealkylation sites (N-methyl/N-ethyl adjacent to an activating group) is 1. The van der Waals surface area contributed by atoms with E-state index >= 15 is 0 Å². The van der Waals surface area contributed by atoms with Gasteiger partial charge in [-0.1, -0.05) is 30.3 Å². The molecule has 0 aliphatic carbocycles. The molecule has 0 spiro atoms. The highest BCUT2D eigenvalue weighted by Crippen LogP contribution is 2.24. The first-order chi connectivity index (χ1) is 10.8. The lowest BCUT2D eigenvalue weighted by molar-refractivity contribution is -0.119. The Morgan fingerprint density at radius 3 is 2.17 bits per heavy atom. The van der Waals surface area contributed by atoms with Crippen molar-refractivity contribution in [3.05, 3.63) is 63.7 Å². The Morgan fingerprint density at radius 1 is 1.09 bits per heavy atom. The monoisotopic (exact) mass is 444 g/mol. The van der Waals surface area contributed by atoms with E-state index in [1.54, 1.807) is 36.4 Å². The maximum absolute atomic E-state index is 12.7.